The number of hydrogen-bond acceptors (Lipinski definition) is 5. The lowest BCUT2D eigenvalue weighted by Crippen LogP contribution is -2.71. The Morgan fingerprint density at radius 2 is 1.94 bits per heavy atom. The molecule has 0 aromatic heterocycles. The highest BCUT2D eigenvalue weighted by Crippen LogP contribution is 2.69. The monoisotopic (exact) mass is 484 g/mol. The van der Waals surface area contributed by atoms with Crippen LogP contribution in [-0.2, 0) is 19.1 Å². The molecule has 0 aromatic rings. The molecule has 0 unspecified atom stereocenters. The van der Waals surface area contributed by atoms with Crippen molar-refractivity contribution in [1.82, 2.24) is 0 Å². The van der Waals surface area contributed by atoms with Crippen LogP contribution in [0.3, 0.4) is 0 Å². The summed E-state index contributed by atoms with van der Waals surface area (Å²) < 4.78 is 11.4. The highest BCUT2D eigenvalue weighted by atomic mass is 16.5. The minimum Gasteiger partial charge on any atom is -0.462 e. The molecule has 4 rings (SSSR count). The average Bonchev–Trinajstić information content (AvgIpc) is 3.19. The zero-order valence-corrected chi connectivity index (χ0v) is 22.4. The number of ether oxygens (including phenoxy) is 2. The Labute approximate surface area is 211 Å². The van der Waals surface area contributed by atoms with Gasteiger partial charge in [-0.1, -0.05) is 52.9 Å². The van der Waals surface area contributed by atoms with Crippen LogP contribution in [0, 0.1) is 39.9 Å². The van der Waals surface area contributed by atoms with Crippen molar-refractivity contribution in [3.8, 4) is 11.8 Å². The third-order valence-corrected chi connectivity index (χ3v) is 9.63. The van der Waals surface area contributed by atoms with E-state index in [1.54, 1.807) is 6.08 Å². The third kappa shape index (κ3) is 4.68. The molecule has 2 saturated carbocycles. The lowest BCUT2D eigenvalue weighted by molar-refractivity contribution is -0.276. The highest BCUT2D eigenvalue weighted by molar-refractivity contribution is 5.85. The minimum absolute atomic E-state index is 0.0632. The zero-order valence-electron chi connectivity index (χ0n) is 22.4. The summed E-state index contributed by atoms with van der Waals surface area (Å²) in [5.41, 5.74) is -1.30. The summed E-state index contributed by atoms with van der Waals surface area (Å²) in [6, 6.07) is 0. The summed E-state index contributed by atoms with van der Waals surface area (Å²) in [6.07, 6.45) is 9.85. The maximum atomic E-state index is 13.1. The average molecular weight is 485 g/mol. The Morgan fingerprint density at radius 3 is 2.63 bits per heavy atom. The number of esters is 2. The van der Waals surface area contributed by atoms with Crippen LogP contribution in [0.5, 0.6) is 0 Å². The number of fused-ring (bicyclic) bond motifs is 4. The van der Waals surface area contributed by atoms with Gasteiger partial charge < -0.3 is 14.6 Å². The van der Waals surface area contributed by atoms with Crippen molar-refractivity contribution in [3.05, 3.63) is 11.6 Å². The van der Waals surface area contributed by atoms with E-state index in [1.165, 1.54) is 0 Å². The van der Waals surface area contributed by atoms with Crippen LogP contribution < -0.4 is 0 Å². The van der Waals surface area contributed by atoms with Gasteiger partial charge in [0.1, 0.15) is 12.7 Å². The lowest BCUT2D eigenvalue weighted by Gasteiger charge is -2.68. The molecule has 4 aliphatic rings. The van der Waals surface area contributed by atoms with Crippen LogP contribution in [0.4, 0.5) is 0 Å². The van der Waals surface area contributed by atoms with E-state index in [0.717, 1.165) is 44.1 Å². The van der Waals surface area contributed by atoms with E-state index in [4.69, 9.17) is 9.47 Å². The molecule has 2 aliphatic heterocycles. The number of carbonyl (C=O) groups is 2. The van der Waals surface area contributed by atoms with Crippen molar-refractivity contribution in [2.45, 2.75) is 117 Å². The largest absolute Gasteiger partial charge is 0.462 e. The van der Waals surface area contributed by atoms with Crippen LogP contribution in [-0.4, -0.2) is 35.4 Å². The quantitative estimate of drug-likeness (QED) is 0.369. The van der Waals surface area contributed by atoms with Gasteiger partial charge in [-0.15, -0.1) is 5.92 Å². The molecule has 2 aliphatic carbocycles. The molecule has 0 radical (unpaired) electrons. The Balaban J connectivity index is 1.84. The SMILES string of the molecule is CC(C)CCC[C@]12CCCC(C)(C)[C@@H]1[C@H]1C[C@](C)(C#CCCC(=O)O1)[C@]2(O)CCC1=CC(=O)OC1. The van der Waals surface area contributed by atoms with Gasteiger partial charge in [-0.25, -0.2) is 4.79 Å². The Bertz CT molecular complexity index is 936. The molecule has 194 valence electrons. The molecule has 0 saturated heterocycles. The zero-order chi connectivity index (χ0) is 25.5. The maximum Gasteiger partial charge on any atom is 0.331 e. The first kappa shape index (κ1) is 26.3. The van der Waals surface area contributed by atoms with Gasteiger partial charge in [-0.3, -0.25) is 4.79 Å². The molecular formula is C30H44O5. The lowest BCUT2D eigenvalue weighted by atomic mass is 9.38. The molecule has 1 N–H and O–H groups in total. The molecule has 2 bridgehead atoms. The van der Waals surface area contributed by atoms with E-state index in [2.05, 4.69) is 46.5 Å². The van der Waals surface area contributed by atoms with Crippen LogP contribution in [0.2, 0.25) is 0 Å². The number of rotatable bonds is 7. The van der Waals surface area contributed by atoms with E-state index < -0.39 is 16.4 Å². The second-order valence-electron chi connectivity index (χ2n) is 12.9. The van der Waals surface area contributed by atoms with Crippen LogP contribution in [0.25, 0.3) is 0 Å². The molecule has 2 fully saturated rings. The van der Waals surface area contributed by atoms with E-state index in [1.807, 2.05) is 0 Å². The molecule has 5 atom stereocenters. The second kappa shape index (κ2) is 9.58. The van der Waals surface area contributed by atoms with E-state index in [9.17, 15) is 14.7 Å². The first-order chi connectivity index (χ1) is 16.4. The molecule has 35 heavy (non-hydrogen) atoms. The van der Waals surface area contributed by atoms with Crippen molar-refractivity contribution < 1.29 is 24.2 Å². The fraction of sp³-hybridized carbons (Fsp3) is 0.800. The van der Waals surface area contributed by atoms with Crippen LogP contribution in [0.1, 0.15) is 105 Å². The fourth-order valence-electron chi connectivity index (χ4n) is 8.13. The Morgan fingerprint density at radius 1 is 1.17 bits per heavy atom. The maximum absolute atomic E-state index is 13.1. The molecule has 5 nitrogen and oxygen atoms in total. The molecule has 5 heteroatoms. The molecule has 2 heterocycles. The van der Waals surface area contributed by atoms with Crippen molar-refractivity contribution in [2.24, 2.45) is 28.1 Å². The predicted octanol–water partition coefficient (Wildman–Crippen LogP) is 5.74. The number of aliphatic hydroxyl groups is 1. The summed E-state index contributed by atoms with van der Waals surface area (Å²) in [5, 5.41) is 13.1. The van der Waals surface area contributed by atoms with Gasteiger partial charge in [-0.05, 0) is 55.9 Å². The Hall–Kier alpha value is -1.80. The van der Waals surface area contributed by atoms with E-state index >= 15 is 0 Å². The van der Waals surface area contributed by atoms with Crippen LogP contribution in [0.15, 0.2) is 11.6 Å². The van der Waals surface area contributed by atoms with Gasteiger partial charge in [0, 0.05) is 30.3 Å². The molecule has 0 amide bonds. The third-order valence-electron chi connectivity index (χ3n) is 9.63. The van der Waals surface area contributed by atoms with Gasteiger partial charge in [0.05, 0.1) is 17.4 Å². The van der Waals surface area contributed by atoms with E-state index in [-0.39, 0.29) is 29.4 Å². The first-order valence-corrected chi connectivity index (χ1v) is 13.7. The molecule has 0 aromatic carbocycles. The summed E-state index contributed by atoms with van der Waals surface area (Å²) >= 11 is 0. The number of cyclic esters (lactones) is 1. The normalized spacial score (nSPS) is 38.2. The summed E-state index contributed by atoms with van der Waals surface area (Å²) in [7, 11) is 0. The molecule has 0 spiro atoms. The van der Waals surface area contributed by atoms with E-state index in [0.29, 0.717) is 44.6 Å². The summed E-state index contributed by atoms with van der Waals surface area (Å²) in [6.45, 7) is 11.5. The summed E-state index contributed by atoms with van der Waals surface area (Å²) in [4.78, 5) is 24.5. The highest BCUT2D eigenvalue weighted by Gasteiger charge is 2.71. The van der Waals surface area contributed by atoms with Crippen LogP contribution >= 0.6 is 0 Å². The van der Waals surface area contributed by atoms with Gasteiger partial charge in [-0.2, -0.15) is 0 Å². The Kier molecular flexibility index (Phi) is 7.19. The smallest absolute Gasteiger partial charge is 0.331 e. The molecular weight excluding hydrogens is 440 g/mol. The van der Waals surface area contributed by atoms with Crippen molar-refractivity contribution >= 4 is 11.9 Å². The van der Waals surface area contributed by atoms with Gasteiger partial charge in [0.15, 0.2) is 0 Å². The van der Waals surface area contributed by atoms with Gasteiger partial charge in [0.25, 0.3) is 0 Å². The van der Waals surface area contributed by atoms with Crippen molar-refractivity contribution in [1.29, 1.82) is 0 Å². The standard InChI is InChI=1S/C30H44O5/c1-21(2)10-8-15-29-16-9-13-27(3,4)26(29)23-19-28(5,14-7-6-11-24(31)35-23)30(29,33)17-12-22-18-25(32)34-20-22/h18,21,23,26,33H,6,8-13,15-17,19-20H2,1-5H3/t23-,26+,28+,29+,30-/m1/s1. The first-order valence-electron chi connectivity index (χ1n) is 13.7. The second-order valence-corrected chi connectivity index (χ2v) is 12.9. The topological polar surface area (TPSA) is 72.8 Å². The fourth-order valence-corrected chi connectivity index (χ4v) is 8.13. The predicted molar refractivity (Wildman–Crippen MR) is 135 cm³/mol. The number of carbonyl (C=O) groups excluding carboxylic acids is 2. The number of hydrogen-bond donors (Lipinski definition) is 1. The minimum atomic E-state index is -1.06. The van der Waals surface area contributed by atoms with Crippen molar-refractivity contribution in [3.63, 3.8) is 0 Å². The van der Waals surface area contributed by atoms with Gasteiger partial charge in [0.2, 0.25) is 0 Å². The van der Waals surface area contributed by atoms with Crippen molar-refractivity contribution in [2.75, 3.05) is 6.61 Å². The van der Waals surface area contributed by atoms with Gasteiger partial charge >= 0.3 is 11.9 Å². The summed E-state index contributed by atoms with van der Waals surface area (Å²) in [5.74, 6) is 6.94.